The monoisotopic (exact) mass is 284 g/mol. The molecule has 0 aliphatic rings. The van der Waals surface area contributed by atoms with Gasteiger partial charge in [0.2, 0.25) is 5.91 Å². The van der Waals surface area contributed by atoms with Gasteiger partial charge in [0.1, 0.15) is 11.5 Å². The zero-order chi connectivity index (χ0) is 14.6. The van der Waals surface area contributed by atoms with Gasteiger partial charge in [0.05, 0.1) is 17.8 Å². The number of carbonyl (C=O) groups excluding carboxylic acids is 2. The van der Waals surface area contributed by atoms with Gasteiger partial charge in [-0.2, -0.15) is 0 Å². The Hall–Kier alpha value is -1.69. The predicted octanol–water partition coefficient (Wildman–Crippen LogP) is 1.07. The highest BCUT2D eigenvalue weighted by atomic mass is 35.5. The van der Waals surface area contributed by atoms with Crippen molar-refractivity contribution in [1.82, 2.24) is 20.2 Å². The molecule has 1 rings (SSSR count). The van der Waals surface area contributed by atoms with Gasteiger partial charge < -0.3 is 10.2 Å². The summed E-state index contributed by atoms with van der Waals surface area (Å²) in [6.45, 7) is 3.74. The number of rotatable bonds is 4. The lowest BCUT2D eigenvalue weighted by Gasteiger charge is -2.11. The van der Waals surface area contributed by atoms with Crippen molar-refractivity contribution in [2.75, 3.05) is 20.6 Å². The molecular weight excluding hydrogens is 268 g/mol. The highest BCUT2D eigenvalue weighted by Crippen LogP contribution is 2.16. The van der Waals surface area contributed by atoms with E-state index in [4.69, 9.17) is 11.6 Å². The molecule has 0 unspecified atom stereocenters. The number of likely N-dealkylation sites (N-methyl/N-ethyl adjacent to an activating group) is 1. The first-order chi connectivity index (χ1) is 8.82. The predicted molar refractivity (Wildman–Crippen MR) is 72.2 cm³/mol. The average molecular weight is 285 g/mol. The summed E-state index contributed by atoms with van der Waals surface area (Å²) in [6.07, 6.45) is 1.40. The minimum Gasteiger partial charge on any atom is -0.347 e. The summed E-state index contributed by atoms with van der Waals surface area (Å²) in [5.41, 5.74) is 0.0897. The quantitative estimate of drug-likeness (QED) is 0.897. The van der Waals surface area contributed by atoms with Crippen LogP contribution in [0.5, 0.6) is 0 Å². The summed E-state index contributed by atoms with van der Waals surface area (Å²) in [7, 11) is 3.23. The molecule has 1 heterocycles. The third-order valence-electron chi connectivity index (χ3n) is 2.39. The Morgan fingerprint density at radius 1 is 1.42 bits per heavy atom. The smallest absolute Gasteiger partial charge is 0.272 e. The van der Waals surface area contributed by atoms with E-state index < -0.39 is 5.91 Å². The SMILES string of the molecule is CC(C)c1ncc(Cl)c(C(=O)NCC(=O)N(C)C)n1. The van der Waals surface area contributed by atoms with Crippen LogP contribution in [0.2, 0.25) is 5.02 Å². The van der Waals surface area contributed by atoms with Crippen molar-refractivity contribution in [1.29, 1.82) is 0 Å². The molecule has 2 amide bonds. The standard InChI is InChI=1S/C12H17ClN4O2/c1-7(2)11-14-5-8(13)10(16-11)12(19)15-6-9(18)17(3)4/h5,7H,6H2,1-4H3,(H,15,19). The molecule has 0 radical (unpaired) electrons. The maximum absolute atomic E-state index is 11.9. The second-order valence-corrected chi connectivity index (χ2v) is 4.96. The minimum atomic E-state index is -0.482. The molecule has 104 valence electrons. The van der Waals surface area contributed by atoms with Crippen LogP contribution >= 0.6 is 11.6 Å². The maximum atomic E-state index is 11.9. The number of amides is 2. The Labute approximate surface area is 117 Å². The first-order valence-corrected chi connectivity index (χ1v) is 6.21. The zero-order valence-corrected chi connectivity index (χ0v) is 12.2. The molecule has 7 heteroatoms. The van der Waals surface area contributed by atoms with E-state index in [9.17, 15) is 9.59 Å². The van der Waals surface area contributed by atoms with Gasteiger partial charge in [0, 0.05) is 20.0 Å². The van der Waals surface area contributed by atoms with Crippen molar-refractivity contribution in [3.63, 3.8) is 0 Å². The first-order valence-electron chi connectivity index (χ1n) is 5.83. The molecule has 6 nitrogen and oxygen atoms in total. The second kappa shape index (κ2) is 6.47. The van der Waals surface area contributed by atoms with E-state index in [0.29, 0.717) is 5.82 Å². The molecular formula is C12H17ClN4O2. The van der Waals surface area contributed by atoms with Crippen LogP contribution in [0.3, 0.4) is 0 Å². The minimum absolute atomic E-state index is 0.0897. The lowest BCUT2D eigenvalue weighted by atomic mass is 10.2. The Kier molecular flexibility index (Phi) is 5.23. The largest absolute Gasteiger partial charge is 0.347 e. The summed E-state index contributed by atoms with van der Waals surface area (Å²) < 4.78 is 0. The molecule has 0 saturated heterocycles. The fraction of sp³-hybridized carbons (Fsp3) is 0.500. The van der Waals surface area contributed by atoms with Crippen LogP contribution in [0, 0.1) is 0 Å². The van der Waals surface area contributed by atoms with Crippen molar-refractivity contribution in [3.05, 3.63) is 22.7 Å². The number of hydrogen-bond donors (Lipinski definition) is 1. The summed E-state index contributed by atoms with van der Waals surface area (Å²) in [6, 6.07) is 0. The van der Waals surface area contributed by atoms with E-state index in [1.165, 1.54) is 11.1 Å². The zero-order valence-electron chi connectivity index (χ0n) is 11.4. The van der Waals surface area contributed by atoms with Crippen LogP contribution in [0.15, 0.2) is 6.20 Å². The van der Waals surface area contributed by atoms with Gasteiger partial charge in [0.25, 0.3) is 5.91 Å². The molecule has 0 saturated carbocycles. The van der Waals surface area contributed by atoms with Gasteiger partial charge >= 0.3 is 0 Å². The topological polar surface area (TPSA) is 75.2 Å². The molecule has 0 aliphatic carbocycles. The van der Waals surface area contributed by atoms with E-state index >= 15 is 0 Å². The van der Waals surface area contributed by atoms with E-state index in [0.717, 1.165) is 0 Å². The average Bonchev–Trinajstić information content (AvgIpc) is 2.35. The molecule has 0 atom stereocenters. The Bertz CT molecular complexity index is 489. The molecule has 19 heavy (non-hydrogen) atoms. The highest BCUT2D eigenvalue weighted by molar-refractivity contribution is 6.33. The molecule has 1 N–H and O–H groups in total. The summed E-state index contributed by atoms with van der Waals surface area (Å²) in [5, 5.41) is 2.65. The molecule has 1 aromatic rings. The fourth-order valence-electron chi connectivity index (χ4n) is 1.22. The van der Waals surface area contributed by atoms with Crippen molar-refractivity contribution in [2.24, 2.45) is 0 Å². The summed E-state index contributed by atoms with van der Waals surface area (Å²) in [5.74, 6) is -0.0622. The van der Waals surface area contributed by atoms with Crippen LogP contribution in [0.1, 0.15) is 36.1 Å². The summed E-state index contributed by atoms with van der Waals surface area (Å²) >= 11 is 5.89. The van der Waals surface area contributed by atoms with Gasteiger partial charge in [-0.25, -0.2) is 9.97 Å². The maximum Gasteiger partial charge on any atom is 0.272 e. The molecule has 0 aliphatic heterocycles. The van der Waals surface area contributed by atoms with Crippen LogP contribution < -0.4 is 5.32 Å². The van der Waals surface area contributed by atoms with Gasteiger partial charge in [-0.3, -0.25) is 9.59 Å². The van der Waals surface area contributed by atoms with Gasteiger partial charge in [-0.1, -0.05) is 25.4 Å². The van der Waals surface area contributed by atoms with Gasteiger partial charge in [-0.05, 0) is 0 Å². The number of carbonyl (C=O) groups is 2. The third kappa shape index (κ3) is 4.17. The van der Waals surface area contributed by atoms with Gasteiger partial charge in [-0.15, -0.1) is 0 Å². The number of nitrogens with zero attached hydrogens (tertiary/aromatic N) is 3. The molecule has 0 bridgehead atoms. The Balaban J connectivity index is 2.82. The number of aromatic nitrogens is 2. The summed E-state index contributed by atoms with van der Waals surface area (Å²) in [4.78, 5) is 32.8. The van der Waals surface area contributed by atoms with Crippen molar-refractivity contribution in [2.45, 2.75) is 19.8 Å². The third-order valence-corrected chi connectivity index (χ3v) is 2.67. The first kappa shape index (κ1) is 15.4. The van der Waals surface area contributed by atoms with E-state index in [1.807, 2.05) is 13.8 Å². The van der Waals surface area contributed by atoms with Crippen molar-refractivity contribution < 1.29 is 9.59 Å². The van der Waals surface area contributed by atoms with Gasteiger partial charge in [0.15, 0.2) is 0 Å². The molecule has 1 aromatic heterocycles. The van der Waals surface area contributed by atoms with E-state index in [2.05, 4.69) is 15.3 Å². The van der Waals surface area contributed by atoms with Crippen LogP contribution in [-0.4, -0.2) is 47.3 Å². The Morgan fingerprint density at radius 3 is 2.58 bits per heavy atom. The number of nitrogens with one attached hydrogen (secondary N) is 1. The lowest BCUT2D eigenvalue weighted by Crippen LogP contribution is -2.36. The van der Waals surface area contributed by atoms with Crippen LogP contribution in [0.25, 0.3) is 0 Å². The number of hydrogen-bond acceptors (Lipinski definition) is 4. The number of halogens is 1. The Morgan fingerprint density at radius 2 is 2.05 bits per heavy atom. The van der Waals surface area contributed by atoms with Crippen molar-refractivity contribution in [3.8, 4) is 0 Å². The fourth-order valence-corrected chi connectivity index (χ4v) is 1.39. The second-order valence-electron chi connectivity index (χ2n) is 4.55. The van der Waals surface area contributed by atoms with E-state index in [-0.39, 0.29) is 29.1 Å². The van der Waals surface area contributed by atoms with Crippen LogP contribution in [0.4, 0.5) is 0 Å². The molecule has 0 fully saturated rings. The highest BCUT2D eigenvalue weighted by Gasteiger charge is 2.16. The van der Waals surface area contributed by atoms with Crippen molar-refractivity contribution >= 4 is 23.4 Å². The molecule has 0 aromatic carbocycles. The molecule has 0 spiro atoms. The normalized spacial score (nSPS) is 10.4. The van der Waals surface area contributed by atoms with Crippen LogP contribution in [-0.2, 0) is 4.79 Å². The lowest BCUT2D eigenvalue weighted by molar-refractivity contribution is -0.127. The van der Waals surface area contributed by atoms with E-state index in [1.54, 1.807) is 14.1 Å².